The summed E-state index contributed by atoms with van der Waals surface area (Å²) in [6.45, 7) is -0.152. The molecular formula is C14H12ClN3O2. The Balaban J connectivity index is 1.88. The molecule has 0 spiro atoms. The van der Waals surface area contributed by atoms with Gasteiger partial charge in [0.15, 0.2) is 0 Å². The van der Waals surface area contributed by atoms with E-state index in [4.69, 9.17) is 11.6 Å². The number of nitrogens with one attached hydrogen (secondary N) is 2. The highest BCUT2D eigenvalue weighted by Gasteiger charge is 2.11. The summed E-state index contributed by atoms with van der Waals surface area (Å²) in [4.78, 5) is 27.4. The molecule has 102 valence electrons. The predicted molar refractivity (Wildman–Crippen MR) is 76.7 cm³/mol. The van der Waals surface area contributed by atoms with E-state index in [9.17, 15) is 9.59 Å². The summed E-state index contributed by atoms with van der Waals surface area (Å²) >= 11 is 5.89. The summed E-state index contributed by atoms with van der Waals surface area (Å²) in [7, 11) is 0. The van der Waals surface area contributed by atoms with Crippen molar-refractivity contribution in [3.05, 3.63) is 59.2 Å². The number of hydrogen-bond acceptors (Lipinski definition) is 3. The van der Waals surface area contributed by atoms with E-state index >= 15 is 0 Å². The van der Waals surface area contributed by atoms with Crippen LogP contribution >= 0.6 is 11.6 Å². The number of anilines is 1. The molecule has 0 aliphatic heterocycles. The average Bonchev–Trinajstić information content (AvgIpc) is 2.46. The van der Waals surface area contributed by atoms with Gasteiger partial charge in [-0.15, -0.1) is 0 Å². The van der Waals surface area contributed by atoms with Gasteiger partial charge in [-0.25, -0.2) is 4.98 Å². The minimum absolute atomic E-state index is 0.152. The molecule has 0 atom stereocenters. The summed E-state index contributed by atoms with van der Waals surface area (Å²) in [6.07, 6.45) is 1.57. The number of hydrogen-bond donors (Lipinski definition) is 2. The molecule has 2 N–H and O–H groups in total. The Labute approximate surface area is 121 Å². The van der Waals surface area contributed by atoms with Gasteiger partial charge >= 0.3 is 0 Å². The van der Waals surface area contributed by atoms with Crippen LogP contribution in [0.5, 0.6) is 0 Å². The number of carbonyl (C=O) groups is 2. The van der Waals surface area contributed by atoms with Crippen LogP contribution < -0.4 is 10.6 Å². The van der Waals surface area contributed by atoms with Gasteiger partial charge in [-0.05, 0) is 24.3 Å². The molecule has 0 radical (unpaired) electrons. The van der Waals surface area contributed by atoms with E-state index in [0.717, 1.165) is 0 Å². The molecule has 0 unspecified atom stereocenters. The first-order valence-corrected chi connectivity index (χ1v) is 6.28. The van der Waals surface area contributed by atoms with Crippen molar-refractivity contribution in [2.24, 2.45) is 0 Å². The van der Waals surface area contributed by atoms with Crippen LogP contribution in [0.3, 0.4) is 0 Å². The highest BCUT2D eigenvalue weighted by atomic mass is 35.5. The molecule has 2 amide bonds. The summed E-state index contributed by atoms with van der Waals surface area (Å²) in [5.41, 5.74) is 0.333. The Bertz CT molecular complexity index is 617. The Morgan fingerprint density at radius 3 is 2.55 bits per heavy atom. The van der Waals surface area contributed by atoms with Gasteiger partial charge in [-0.1, -0.05) is 29.8 Å². The molecule has 0 bridgehead atoms. The quantitative estimate of drug-likeness (QED) is 0.905. The molecular weight excluding hydrogens is 278 g/mol. The van der Waals surface area contributed by atoms with Gasteiger partial charge < -0.3 is 10.6 Å². The zero-order chi connectivity index (χ0) is 14.4. The van der Waals surface area contributed by atoms with Crippen molar-refractivity contribution < 1.29 is 9.59 Å². The third-order valence-electron chi connectivity index (χ3n) is 2.46. The van der Waals surface area contributed by atoms with Crippen LogP contribution in [0.15, 0.2) is 48.7 Å². The highest BCUT2D eigenvalue weighted by molar-refractivity contribution is 6.33. The van der Waals surface area contributed by atoms with Crippen LogP contribution in [0.4, 0.5) is 5.82 Å². The first-order chi connectivity index (χ1) is 9.66. The van der Waals surface area contributed by atoms with Crippen molar-refractivity contribution in [1.82, 2.24) is 10.3 Å². The average molecular weight is 290 g/mol. The van der Waals surface area contributed by atoms with E-state index in [2.05, 4.69) is 15.6 Å². The fourth-order valence-corrected chi connectivity index (χ4v) is 1.75. The van der Waals surface area contributed by atoms with E-state index in [1.807, 2.05) is 0 Å². The molecule has 1 aromatic carbocycles. The second-order valence-corrected chi connectivity index (χ2v) is 4.33. The molecule has 20 heavy (non-hydrogen) atoms. The lowest BCUT2D eigenvalue weighted by atomic mass is 10.2. The fourth-order valence-electron chi connectivity index (χ4n) is 1.52. The van der Waals surface area contributed by atoms with Gasteiger partial charge in [0, 0.05) is 6.20 Å². The van der Waals surface area contributed by atoms with Crippen LogP contribution in [-0.4, -0.2) is 23.3 Å². The molecule has 0 saturated heterocycles. The summed E-state index contributed by atoms with van der Waals surface area (Å²) in [6, 6.07) is 11.8. The molecule has 1 heterocycles. The normalized spacial score (nSPS) is 9.85. The van der Waals surface area contributed by atoms with Crippen LogP contribution in [-0.2, 0) is 4.79 Å². The summed E-state index contributed by atoms with van der Waals surface area (Å²) < 4.78 is 0. The van der Waals surface area contributed by atoms with E-state index in [0.29, 0.717) is 16.4 Å². The van der Waals surface area contributed by atoms with E-state index in [1.54, 1.807) is 48.7 Å². The topological polar surface area (TPSA) is 71.1 Å². The largest absolute Gasteiger partial charge is 0.343 e. The van der Waals surface area contributed by atoms with Crippen molar-refractivity contribution in [1.29, 1.82) is 0 Å². The first kappa shape index (κ1) is 14.0. The number of pyridine rings is 1. The predicted octanol–water partition coefficient (Wildman–Crippen LogP) is 2.10. The highest BCUT2D eigenvalue weighted by Crippen LogP contribution is 2.14. The minimum Gasteiger partial charge on any atom is -0.343 e. The van der Waals surface area contributed by atoms with Gasteiger partial charge in [-0.3, -0.25) is 9.59 Å². The number of rotatable bonds is 4. The van der Waals surface area contributed by atoms with Gasteiger partial charge in [0.05, 0.1) is 17.1 Å². The Morgan fingerprint density at radius 1 is 1.10 bits per heavy atom. The number of carbonyl (C=O) groups excluding carboxylic acids is 2. The number of nitrogens with zero attached hydrogens (tertiary/aromatic N) is 1. The third-order valence-corrected chi connectivity index (χ3v) is 2.79. The molecule has 6 heteroatoms. The number of aromatic nitrogens is 1. The van der Waals surface area contributed by atoms with Crippen molar-refractivity contribution in [3.8, 4) is 0 Å². The lowest BCUT2D eigenvalue weighted by Crippen LogP contribution is -2.33. The van der Waals surface area contributed by atoms with E-state index in [-0.39, 0.29) is 12.5 Å². The molecule has 2 rings (SSSR count). The van der Waals surface area contributed by atoms with Crippen molar-refractivity contribution in [3.63, 3.8) is 0 Å². The van der Waals surface area contributed by atoms with Gasteiger partial charge in [0.1, 0.15) is 5.82 Å². The summed E-state index contributed by atoms with van der Waals surface area (Å²) in [5, 5.41) is 5.40. The van der Waals surface area contributed by atoms with Crippen LogP contribution in [0.1, 0.15) is 10.4 Å². The van der Waals surface area contributed by atoms with Crippen molar-refractivity contribution >= 4 is 29.2 Å². The molecule has 0 saturated carbocycles. The fraction of sp³-hybridized carbons (Fsp3) is 0.0714. The van der Waals surface area contributed by atoms with E-state index < -0.39 is 5.91 Å². The monoisotopic (exact) mass is 289 g/mol. The zero-order valence-corrected chi connectivity index (χ0v) is 11.2. The van der Waals surface area contributed by atoms with Crippen LogP contribution in [0, 0.1) is 0 Å². The van der Waals surface area contributed by atoms with Crippen LogP contribution in [0.2, 0.25) is 5.02 Å². The van der Waals surface area contributed by atoms with E-state index in [1.165, 1.54) is 0 Å². The Kier molecular flexibility index (Phi) is 4.68. The lowest BCUT2D eigenvalue weighted by Gasteiger charge is -2.07. The Morgan fingerprint density at radius 2 is 1.85 bits per heavy atom. The second-order valence-electron chi connectivity index (χ2n) is 3.93. The molecule has 0 fully saturated rings. The minimum atomic E-state index is -0.397. The smallest absolute Gasteiger partial charge is 0.253 e. The molecule has 0 aliphatic rings. The van der Waals surface area contributed by atoms with Gasteiger partial charge in [0.25, 0.3) is 5.91 Å². The zero-order valence-electron chi connectivity index (χ0n) is 10.5. The maximum Gasteiger partial charge on any atom is 0.253 e. The van der Waals surface area contributed by atoms with Gasteiger partial charge in [0.2, 0.25) is 5.91 Å². The maximum atomic E-state index is 11.8. The Hall–Kier alpha value is -2.40. The lowest BCUT2D eigenvalue weighted by molar-refractivity contribution is -0.115. The van der Waals surface area contributed by atoms with Crippen molar-refractivity contribution in [2.75, 3.05) is 11.9 Å². The summed E-state index contributed by atoms with van der Waals surface area (Å²) in [5.74, 6) is -0.319. The second kappa shape index (κ2) is 6.68. The van der Waals surface area contributed by atoms with Crippen LogP contribution in [0.25, 0.3) is 0 Å². The standard InChI is InChI=1S/C14H12ClN3O2/c15-11-6-2-1-5-10(11)14(20)17-9-13(19)18-12-7-3-4-8-16-12/h1-8H,9H2,(H,17,20)(H,16,18,19). The maximum absolute atomic E-state index is 11.8. The van der Waals surface area contributed by atoms with Gasteiger partial charge in [-0.2, -0.15) is 0 Å². The first-order valence-electron chi connectivity index (χ1n) is 5.90. The molecule has 5 nitrogen and oxygen atoms in total. The number of benzene rings is 1. The molecule has 1 aromatic heterocycles. The van der Waals surface area contributed by atoms with Crippen molar-refractivity contribution in [2.45, 2.75) is 0 Å². The number of amides is 2. The SMILES string of the molecule is O=C(CNC(=O)c1ccccc1Cl)Nc1ccccn1. The third kappa shape index (κ3) is 3.80. The molecule has 2 aromatic rings. The molecule has 0 aliphatic carbocycles. The number of halogens is 1.